The second-order valence-electron chi connectivity index (χ2n) is 5.44. The van der Waals surface area contributed by atoms with Crippen molar-refractivity contribution in [3.8, 4) is 0 Å². The molecule has 0 aromatic carbocycles. The zero-order valence-electron chi connectivity index (χ0n) is 11.7. The van der Waals surface area contributed by atoms with E-state index in [2.05, 4.69) is 36.7 Å². The quantitative estimate of drug-likeness (QED) is 0.825. The van der Waals surface area contributed by atoms with Crippen LogP contribution in [0, 0.1) is 5.92 Å². The predicted molar refractivity (Wildman–Crippen MR) is 80.1 cm³/mol. The standard InChI is InChI=1S/C16H23N3/c1-13-4-3-5-15(9-8-14(2)7-6-13)10-16-11-19(17)12-18-16/h4,6-7,11-12,15H,2-3,5,8-10,17H2,1H3/b7-6-,13-4-. The van der Waals surface area contributed by atoms with Gasteiger partial charge in [-0.25, -0.2) is 4.98 Å². The highest BCUT2D eigenvalue weighted by Gasteiger charge is 2.12. The fourth-order valence-corrected chi connectivity index (χ4v) is 2.47. The number of imidazole rings is 1. The smallest absolute Gasteiger partial charge is 0.114 e. The Morgan fingerprint density at radius 1 is 1.42 bits per heavy atom. The maximum absolute atomic E-state index is 5.65. The molecule has 1 aliphatic rings. The molecule has 0 radical (unpaired) electrons. The molecule has 0 bridgehead atoms. The minimum absolute atomic E-state index is 0.655. The van der Waals surface area contributed by atoms with Crippen LogP contribution >= 0.6 is 0 Å². The molecule has 1 heterocycles. The summed E-state index contributed by atoms with van der Waals surface area (Å²) in [4.78, 5) is 4.33. The van der Waals surface area contributed by atoms with Crippen LogP contribution in [0.15, 0.2) is 48.5 Å². The predicted octanol–water partition coefficient (Wildman–Crippen LogP) is 3.39. The van der Waals surface area contributed by atoms with Crippen LogP contribution in [0.2, 0.25) is 0 Å². The Labute approximate surface area is 115 Å². The summed E-state index contributed by atoms with van der Waals surface area (Å²) in [5.41, 5.74) is 3.63. The SMILES string of the molecule is C=C1/C=C\C(C)=C/CCC(Cc2cn(N)cn2)CC1. The molecule has 1 aromatic rings. The monoisotopic (exact) mass is 257 g/mol. The number of nitrogens with zero attached hydrogens (tertiary/aromatic N) is 2. The van der Waals surface area contributed by atoms with Gasteiger partial charge in [-0.05, 0) is 44.9 Å². The van der Waals surface area contributed by atoms with Crippen molar-refractivity contribution in [2.24, 2.45) is 5.92 Å². The maximum atomic E-state index is 5.65. The second-order valence-corrected chi connectivity index (χ2v) is 5.44. The first kappa shape index (κ1) is 13.7. The molecule has 3 nitrogen and oxygen atoms in total. The summed E-state index contributed by atoms with van der Waals surface area (Å²) in [5.74, 6) is 6.30. The van der Waals surface area contributed by atoms with Crippen LogP contribution in [0.5, 0.6) is 0 Å². The van der Waals surface area contributed by atoms with E-state index in [0.717, 1.165) is 25.0 Å². The van der Waals surface area contributed by atoms with Crippen molar-refractivity contribution in [2.45, 2.75) is 39.0 Å². The van der Waals surface area contributed by atoms with Gasteiger partial charge in [-0.2, -0.15) is 0 Å². The van der Waals surface area contributed by atoms with Crippen LogP contribution < -0.4 is 5.84 Å². The maximum Gasteiger partial charge on any atom is 0.114 e. The first-order valence-electron chi connectivity index (χ1n) is 6.94. The first-order chi connectivity index (χ1) is 9.13. The lowest BCUT2D eigenvalue weighted by Crippen LogP contribution is -2.07. The molecule has 19 heavy (non-hydrogen) atoms. The molecule has 0 saturated carbocycles. The molecule has 0 saturated heterocycles. The number of allylic oxidation sites excluding steroid dienone is 5. The Morgan fingerprint density at radius 2 is 2.26 bits per heavy atom. The Hall–Kier alpha value is -1.77. The molecule has 0 spiro atoms. The molecule has 3 heteroatoms. The van der Waals surface area contributed by atoms with Gasteiger partial charge in [0.25, 0.3) is 0 Å². The minimum atomic E-state index is 0.655. The van der Waals surface area contributed by atoms with Crippen molar-refractivity contribution >= 4 is 0 Å². The van der Waals surface area contributed by atoms with Gasteiger partial charge in [0.1, 0.15) is 6.33 Å². The fourth-order valence-electron chi connectivity index (χ4n) is 2.47. The molecule has 1 aliphatic carbocycles. The summed E-state index contributed by atoms with van der Waals surface area (Å²) in [7, 11) is 0. The fraction of sp³-hybridized carbons (Fsp3) is 0.438. The minimum Gasteiger partial charge on any atom is -0.338 e. The van der Waals surface area contributed by atoms with Crippen LogP contribution in [0.3, 0.4) is 0 Å². The number of nitrogen functional groups attached to an aromatic ring is 1. The Kier molecular flexibility index (Phi) is 4.61. The zero-order valence-corrected chi connectivity index (χ0v) is 11.7. The van der Waals surface area contributed by atoms with E-state index in [1.807, 2.05) is 6.20 Å². The number of aromatic nitrogens is 2. The van der Waals surface area contributed by atoms with Crippen molar-refractivity contribution in [3.63, 3.8) is 0 Å². The summed E-state index contributed by atoms with van der Waals surface area (Å²) in [6, 6.07) is 0. The number of rotatable bonds is 2. The number of nitrogens with two attached hydrogens (primary N) is 1. The van der Waals surface area contributed by atoms with E-state index in [0.29, 0.717) is 5.92 Å². The third-order valence-corrected chi connectivity index (χ3v) is 3.65. The van der Waals surface area contributed by atoms with Crippen molar-refractivity contribution in [1.82, 2.24) is 9.66 Å². The molecule has 2 rings (SSSR count). The zero-order chi connectivity index (χ0) is 13.7. The van der Waals surface area contributed by atoms with E-state index in [4.69, 9.17) is 5.84 Å². The summed E-state index contributed by atoms with van der Waals surface area (Å²) in [6.07, 6.45) is 15.8. The van der Waals surface area contributed by atoms with Gasteiger partial charge in [-0.3, -0.25) is 4.68 Å². The molecule has 1 aromatic heterocycles. The van der Waals surface area contributed by atoms with Gasteiger partial charge in [0.2, 0.25) is 0 Å². The van der Waals surface area contributed by atoms with Gasteiger partial charge in [0.05, 0.1) is 5.69 Å². The Balaban J connectivity index is 2.00. The average Bonchev–Trinajstić information content (AvgIpc) is 2.78. The van der Waals surface area contributed by atoms with Gasteiger partial charge in [-0.1, -0.05) is 36.0 Å². The third-order valence-electron chi connectivity index (χ3n) is 3.65. The van der Waals surface area contributed by atoms with Gasteiger partial charge < -0.3 is 5.84 Å². The van der Waals surface area contributed by atoms with E-state index >= 15 is 0 Å². The largest absolute Gasteiger partial charge is 0.338 e. The molecule has 102 valence electrons. The van der Waals surface area contributed by atoms with Gasteiger partial charge >= 0.3 is 0 Å². The molecule has 1 unspecified atom stereocenters. The first-order valence-corrected chi connectivity index (χ1v) is 6.94. The van der Waals surface area contributed by atoms with Crippen molar-refractivity contribution in [3.05, 3.63) is 54.2 Å². The molecule has 0 fully saturated rings. The van der Waals surface area contributed by atoms with Crippen molar-refractivity contribution in [2.75, 3.05) is 5.84 Å². The molecule has 0 aliphatic heterocycles. The van der Waals surface area contributed by atoms with Crippen molar-refractivity contribution in [1.29, 1.82) is 0 Å². The highest BCUT2D eigenvalue weighted by Crippen LogP contribution is 2.23. The summed E-state index contributed by atoms with van der Waals surface area (Å²) in [5, 5.41) is 0. The van der Waals surface area contributed by atoms with Gasteiger partial charge in [0, 0.05) is 6.20 Å². The molecular weight excluding hydrogens is 234 g/mol. The molecular formula is C16H23N3. The van der Waals surface area contributed by atoms with Crippen LogP contribution in [0.4, 0.5) is 0 Å². The van der Waals surface area contributed by atoms with Crippen LogP contribution in [0.25, 0.3) is 0 Å². The lowest BCUT2D eigenvalue weighted by atomic mass is 9.90. The summed E-state index contributed by atoms with van der Waals surface area (Å²) < 4.78 is 1.53. The summed E-state index contributed by atoms with van der Waals surface area (Å²) in [6.45, 7) is 6.26. The van der Waals surface area contributed by atoms with E-state index in [1.165, 1.54) is 28.7 Å². The topological polar surface area (TPSA) is 43.8 Å². The van der Waals surface area contributed by atoms with E-state index < -0.39 is 0 Å². The lowest BCUT2D eigenvalue weighted by molar-refractivity contribution is 0.448. The molecule has 0 amide bonds. The van der Waals surface area contributed by atoms with Crippen molar-refractivity contribution < 1.29 is 0 Å². The van der Waals surface area contributed by atoms with Crippen LogP contribution in [-0.4, -0.2) is 9.66 Å². The third kappa shape index (κ3) is 4.43. The normalized spacial score (nSPS) is 25.6. The van der Waals surface area contributed by atoms with E-state index in [1.54, 1.807) is 6.33 Å². The Bertz CT molecular complexity index is 494. The highest BCUT2D eigenvalue weighted by molar-refractivity contribution is 5.25. The molecule has 2 N–H and O–H groups in total. The molecule has 1 atom stereocenters. The second kappa shape index (κ2) is 6.41. The van der Waals surface area contributed by atoms with Crippen LogP contribution in [0.1, 0.15) is 38.3 Å². The number of hydrogen-bond acceptors (Lipinski definition) is 2. The van der Waals surface area contributed by atoms with Gasteiger partial charge in [-0.15, -0.1) is 0 Å². The van der Waals surface area contributed by atoms with E-state index in [-0.39, 0.29) is 0 Å². The number of hydrogen-bond donors (Lipinski definition) is 1. The van der Waals surface area contributed by atoms with E-state index in [9.17, 15) is 0 Å². The lowest BCUT2D eigenvalue weighted by Gasteiger charge is -2.16. The van der Waals surface area contributed by atoms with Gasteiger partial charge in [0.15, 0.2) is 0 Å². The summed E-state index contributed by atoms with van der Waals surface area (Å²) >= 11 is 0. The van der Waals surface area contributed by atoms with Crippen LogP contribution in [-0.2, 0) is 6.42 Å². The Morgan fingerprint density at radius 3 is 3.00 bits per heavy atom. The highest BCUT2D eigenvalue weighted by atomic mass is 15.3. The average molecular weight is 257 g/mol.